The second-order valence-corrected chi connectivity index (χ2v) is 4.84. The van der Waals surface area contributed by atoms with Gasteiger partial charge in [-0.2, -0.15) is 15.0 Å². The molecule has 0 bridgehead atoms. The zero-order valence-electron chi connectivity index (χ0n) is 10.5. The molecule has 2 N–H and O–H groups in total. The number of nitrogens with one attached hydrogen (secondary N) is 2. The molecule has 0 saturated heterocycles. The van der Waals surface area contributed by atoms with Gasteiger partial charge in [0, 0.05) is 19.0 Å². The number of hydrogen-bond donors (Lipinski definition) is 2. The van der Waals surface area contributed by atoms with E-state index in [4.69, 9.17) is 11.6 Å². The minimum absolute atomic E-state index is 0.193. The van der Waals surface area contributed by atoms with Gasteiger partial charge < -0.3 is 10.6 Å². The highest BCUT2D eigenvalue weighted by Gasteiger charge is 2.38. The standard InChI is InChI=1S/C13H14ClN5/c1-15-12-17-11(14)18-13(19-12)16-10-7-9(10)8-5-3-2-4-6-8/h2-6,9-10H,7H2,1H3,(H2,15,16,17,18,19). The molecule has 5 nitrogen and oxygen atoms in total. The molecule has 0 aliphatic heterocycles. The van der Waals surface area contributed by atoms with E-state index in [1.54, 1.807) is 7.05 Å². The summed E-state index contributed by atoms with van der Waals surface area (Å²) in [5.41, 5.74) is 1.34. The number of anilines is 2. The Morgan fingerprint density at radius 1 is 1.11 bits per heavy atom. The molecular formula is C13H14ClN5. The van der Waals surface area contributed by atoms with Crippen LogP contribution < -0.4 is 10.6 Å². The lowest BCUT2D eigenvalue weighted by Crippen LogP contribution is -2.10. The third-order valence-electron chi connectivity index (χ3n) is 3.16. The van der Waals surface area contributed by atoms with E-state index in [-0.39, 0.29) is 5.28 Å². The average Bonchev–Trinajstić information content (AvgIpc) is 3.18. The maximum absolute atomic E-state index is 5.84. The van der Waals surface area contributed by atoms with Gasteiger partial charge in [0.15, 0.2) is 0 Å². The molecule has 1 aromatic carbocycles. The van der Waals surface area contributed by atoms with Crippen molar-refractivity contribution in [3.8, 4) is 0 Å². The van der Waals surface area contributed by atoms with E-state index in [1.165, 1.54) is 5.56 Å². The molecule has 1 saturated carbocycles. The van der Waals surface area contributed by atoms with E-state index < -0.39 is 0 Å². The monoisotopic (exact) mass is 275 g/mol. The molecule has 6 heteroatoms. The van der Waals surface area contributed by atoms with Crippen LogP contribution in [-0.4, -0.2) is 28.0 Å². The quantitative estimate of drug-likeness (QED) is 0.898. The normalized spacial score (nSPS) is 20.9. The van der Waals surface area contributed by atoms with Gasteiger partial charge in [-0.05, 0) is 23.6 Å². The highest BCUT2D eigenvalue weighted by atomic mass is 35.5. The molecule has 0 radical (unpaired) electrons. The van der Waals surface area contributed by atoms with E-state index in [1.807, 2.05) is 6.07 Å². The Hall–Kier alpha value is -1.88. The summed E-state index contributed by atoms with van der Waals surface area (Å²) in [7, 11) is 1.75. The summed E-state index contributed by atoms with van der Waals surface area (Å²) in [6.07, 6.45) is 1.09. The second kappa shape index (κ2) is 5.01. The summed E-state index contributed by atoms with van der Waals surface area (Å²) in [6, 6.07) is 10.8. The molecule has 1 aliphatic rings. The highest BCUT2D eigenvalue weighted by Crippen LogP contribution is 2.42. The van der Waals surface area contributed by atoms with Gasteiger partial charge in [0.2, 0.25) is 17.2 Å². The van der Waals surface area contributed by atoms with Crippen molar-refractivity contribution in [2.45, 2.75) is 18.4 Å². The lowest BCUT2D eigenvalue weighted by atomic mass is 10.1. The smallest absolute Gasteiger partial charge is 0.229 e. The fraction of sp³-hybridized carbons (Fsp3) is 0.308. The Bertz CT molecular complexity index is 575. The summed E-state index contributed by atoms with van der Waals surface area (Å²) in [5, 5.41) is 6.34. The van der Waals surface area contributed by atoms with Crippen molar-refractivity contribution in [2.24, 2.45) is 0 Å². The summed E-state index contributed by atoms with van der Waals surface area (Å²) in [4.78, 5) is 12.3. The molecule has 2 atom stereocenters. The predicted octanol–water partition coefficient (Wildman–Crippen LogP) is 2.53. The molecule has 1 aliphatic carbocycles. The molecule has 0 spiro atoms. The number of nitrogens with zero attached hydrogens (tertiary/aromatic N) is 3. The molecule has 1 aromatic heterocycles. The second-order valence-electron chi connectivity index (χ2n) is 4.51. The van der Waals surface area contributed by atoms with Crippen LogP contribution in [0.4, 0.5) is 11.9 Å². The highest BCUT2D eigenvalue weighted by molar-refractivity contribution is 6.28. The van der Waals surface area contributed by atoms with E-state index in [0.29, 0.717) is 23.9 Å². The van der Waals surface area contributed by atoms with Crippen LogP contribution in [0.2, 0.25) is 5.28 Å². The summed E-state index contributed by atoms with van der Waals surface area (Å²) < 4.78 is 0. The lowest BCUT2D eigenvalue weighted by Gasteiger charge is -2.06. The number of aromatic nitrogens is 3. The lowest BCUT2D eigenvalue weighted by molar-refractivity contribution is 0.975. The Kier molecular flexibility index (Phi) is 3.21. The van der Waals surface area contributed by atoms with Crippen LogP contribution in [0.1, 0.15) is 17.9 Å². The van der Waals surface area contributed by atoms with Crippen LogP contribution in [0.5, 0.6) is 0 Å². The molecule has 3 rings (SSSR count). The van der Waals surface area contributed by atoms with E-state index in [9.17, 15) is 0 Å². The van der Waals surface area contributed by atoms with Gasteiger partial charge in [0.1, 0.15) is 0 Å². The van der Waals surface area contributed by atoms with Crippen LogP contribution in [0, 0.1) is 0 Å². The van der Waals surface area contributed by atoms with Crippen molar-refractivity contribution in [1.82, 2.24) is 15.0 Å². The van der Waals surface area contributed by atoms with Gasteiger partial charge in [-0.1, -0.05) is 30.3 Å². The number of halogens is 1. The van der Waals surface area contributed by atoms with Crippen LogP contribution in [0.3, 0.4) is 0 Å². The fourth-order valence-electron chi connectivity index (χ4n) is 2.12. The zero-order chi connectivity index (χ0) is 13.2. The van der Waals surface area contributed by atoms with Crippen LogP contribution in [-0.2, 0) is 0 Å². The molecule has 2 unspecified atom stereocenters. The Labute approximate surface area is 116 Å². The van der Waals surface area contributed by atoms with Crippen LogP contribution in [0.25, 0.3) is 0 Å². The zero-order valence-corrected chi connectivity index (χ0v) is 11.2. The average molecular weight is 276 g/mol. The first-order valence-corrected chi connectivity index (χ1v) is 6.55. The first-order valence-electron chi connectivity index (χ1n) is 6.17. The topological polar surface area (TPSA) is 62.7 Å². The predicted molar refractivity (Wildman–Crippen MR) is 75.6 cm³/mol. The van der Waals surface area contributed by atoms with Crippen molar-refractivity contribution >= 4 is 23.5 Å². The number of rotatable bonds is 4. The van der Waals surface area contributed by atoms with Gasteiger partial charge in [-0.15, -0.1) is 0 Å². The summed E-state index contributed by atoms with van der Waals surface area (Å²) in [5.74, 6) is 1.52. The largest absolute Gasteiger partial charge is 0.357 e. The van der Waals surface area contributed by atoms with Gasteiger partial charge in [0.25, 0.3) is 0 Å². The molecule has 2 aromatic rings. The van der Waals surface area contributed by atoms with Crippen molar-refractivity contribution in [3.63, 3.8) is 0 Å². The minimum Gasteiger partial charge on any atom is -0.357 e. The minimum atomic E-state index is 0.193. The molecule has 98 valence electrons. The third-order valence-corrected chi connectivity index (χ3v) is 3.33. The van der Waals surface area contributed by atoms with Gasteiger partial charge in [0.05, 0.1) is 0 Å². The number of benzene rings is 1. The van der Waals surface area contributed by atoms with Crippen molar-refractivity contribution in [2.75, 3.05) is 17.7 Å². The van der Waals surface area contributed by atoms with E-state index in [0.717, 1.165) is 6.42 Å². The Morgan fingerprint density at radius 2 is 1.84 bits per heavy atom. The molecule has 19 heavy (non-hydrogen) atoms. The Morgan fingerprint density at radius 3 is 2.58 bits per heavy atom. The van der Waals surface area contributed by atoms with Crippen molar-refractivity contribution < 1.29 is 0 Å². The molecule has 0 amide bonds. The van der Waals surface area contributed by atoms with E-state index in [2.05, 4.69) is 49.9 Å². The SMILES string of the molecule is CNc1nc(Cl)nc(NC2CC2c2ccccc2)n1. The molecule has 1 fully saturated rings. The van der Waals surface area contributed by atoms with Crippen molar-refractivity contribution in [3.05, 3.63) is 41.2 Å². The molecular weight excluding hydrogens is 262 g/mol. The van der Waals surface area contributed by atoms with Gasteiger partial charge >= 0.3 is 0 Å². The van der Waals surface area contributed by atoms with Gasteiger partial charge in [-0.3, -0.25) is 0 Å². The summed E-state index contributed by atoms with van der Waals surface area (Å²) >= 11 is 5.84. The van der Waals surface area contributed by atoms with E-state index >= 15 is 0 Å². The third kappa shape index (κ3) is 2.76. The van der Waals surface area contributed by atoms with Crippen LogP contribution in [0.15, 0.2) is 30.3 Å². The fourth-order valence-corrected chi connectivity index (χ4v) is 2.28. The van der Waals surface area contributed by atoms with Crippen molar-refractivity contribution in [1.29, 1.82) is 0 Å². The first-order chi connectivity index (χ1) is 9.26. The number of hydrogen-bond acceptors (Lipinski definition) is 5. The maximum Gasteiger partial charge on any atom is 0.229 e. The maximum atomic E-state index is 5.84. The summed E-state index contributed by atoms with van der Waals surface area (Å²) in [6.45, 7) is 0. The molecule has 1 heterocycles. The van der Waals surface area contributed by atoms with Gasteiger partial charge in [-0.25, -0.2) is 0 Å². The Balaban J connectivity index is 1.69. The first kappa shape index (κ1) is 12.2. The van der Waals surface area contributed by atoms with Crippen LogP contribution >= 0.6 is 11.6 Å².